The molecule has 1 aliphatic rings. The summed E-state index contributed by atoms with van der Waals surface area (Å²) in [6, 6.07) is 7.76. The molecule has 1 aliphatic carbocycles. The van der Waals surface area contributed by atoms with Gasteiger partial charge in [-0.05, 0) is 30.5 Å². The average molecular weight is 279 g/mol. The summed E-state index contributed by atoms with van der Waals surface area (Å²) in [6.45, 7) is 1.18. The summed E-state index contributed by atoms with van der Waals surface area (Å²) in [6.07, 6.45) is 2.38. The van der Waals surface area contributed by atoms with Gasteiger partial charge in [0.2, 0.25) is 0 Å². The maximum atomic E-state index is 10.7. The van der Waals surface area contributed by atoms with Crippen molar-refractivity contribution >= 4 is 17.6 Å². The molecule has 1 fully saturated rings. The highest BCUT2D eigenvalue weighted by Crippen LogP contribution is 2.30. The highest BCUT2D eigenvalue weighted by molar-refractivity contribution is 6.31. The fourth-order valence-corrected chi connectivity index (χ4v) is 2.27. The van der Waals surface area contributed by atoms with Gasteiger partial charge in [-0.15, -0.1) is 0 Å². The first-order valence-corrected chi connectivity index (χ1v) is 6.62. The van der Waals surface area contributed by atoms with E-state index >= 15 is 0 Å². The van der Waals surface area contributed by atoms with Gasteiger partial charge < -0.3 is 5.11 Å². The molecule has 0 aromatic heterocycles. The topological polar surface area (TPSA) is 64.3 Å². The van der Waals surface area contributed by atoms with Crippen molar-refractivity contribution in [2.45, 2.75) is 31.8 Å². The number of nitriles is 1. The number of hydrogen-bond donors (Lipinski definition) is 1. The van der Waals surface area contributed by atoms with Crippen molar-refractivity contribution in [2.75, 3.05) is 6.54 Å². The van der Waals surface area contributed by atoms with Crippen molar-refractivity contribution < 1.29 is 9.90 Å². The lowest BCUT2D eigenvalue weighted by Gasteiger charge is -2.21. The van der Waals surface area contributed by atoms with Gasteiger partial charge in [-0.1, -0.05) is 17.7 Å². The summed E-state index contributed by atoms with van der Waals surface area (Å²) in [5.41, 5.74) is 1.48. The minimum absolute atomic E-state index is 0.143. The molecule has 0 heterocycles. The number of carbonyl (C=O) groups is 1. The van der Waals surface area contributed by atoms with Crippen molar-refractivity contribution in [3.8, 4) is 6.07 Å². The second-order valence-corrected chi connectivity index (χ2v) is 5.17. The highest BCUT2D eigenvalue weighted by Gasteiger charge is 2.29. The molecule has 0 saturated heterocycles. The summed E-state index contributed by atoms with van der Waals surface area (Å²) in [7, 11) is 0. The van der Waals surface area contributed by atoms with E-state index in [1.165, 1.54) is 0 Å². The predicted molar refractivity (Wildman–Crippen MR) is 71.9 cm³/mol. The molecule has 1 N–H and O–H groups in total. The lowest BCUT2D eigenvalue weighted by molar-refractivity contribution is -0.137. The zero-order valence-corrected chi connectivity index (χ0v) is 11.2. The Morgan fingerprint density at radius 3 is 2.79 bits per heavy atom. The van der Waals surface area contributed by atoms with Gasteiger partial charge in [-0.3, -0.25) is 9.69 Å². The van der Waals surface area contributed by atoms with Crippen LogP contribution in [-0.4, -0.2) is 28.6 Å². The Hall–Kier alpha value is -1.57. The normalized spacial score (nSPS) is 14.4. The van der Waals surface area contributed by atoms with Crippen LogP contribution in [0.5, 0.6) is 0 Å². The Balaban J connectivity index is 2.04. The van der Waals surface area contributed by atoms with Crippen LogP contribution in [0.2, 0.25) is 5.02 Å². The summed E-state index contributed by atoms with van der Waals surface area (Å²) in [4.78, 5) is 12.8. The molecule has 1 aromatic carbocycles. The van der Waals surface area contributed by atoms with Crippen LogP contribution < -0.4 is 0 Å². The van der Waals surface area contributed by atoms with Gasteiger partial charge in [0.25, 0.3) is 0 Å². The second-order valence-electron chi connectivity index (χ2n) is 4.76. The molecular formula is C14H15ClN2O2. The van der Waals surface area contributed by atoms with Crippen molar-refractivity contribution in [3.63, 3.8) is 0 Å². The smallest absolute Gasteiger partial charge is 0.304 e. The van der Waals surface area contributed by atoms with Crippen LogP contribution in [0.4, 0.5) is 0 Å². The molecule has 100 valence electrons. The van der Waals surface area contributed by atoms with E-state index in [9.17, 15) is 4.79 Å². The van der Waals surface area contributed by atoms with Gasteiger partial charge in [0.15, 0.2) is 0 Å². The lowest BCUT2D eigenvalue weighted by Crippen LogP contribution is -2.28. The molecule has 0 amide bonds. The van der Waals surface area contributed by atoms with E-state index < -0.39 is 5.97 Å². The number of nitrogens with zero attached hydrogens (tertiary/aromatic N) is 2. The molecule has 0 atom stereocenters. The van der Waals surface area contributed by atoms with Crippen LogP contribution in [0.1, 0.15) is 30.4 Å². The number of hydrogen-bond acceptors (Lipinski definition) is 3. The van der Waals surface area contributed by atoms with Crippen LogP contribution in [-0.2, 0) is 11.3 Å². The molecule has 4 nitrogen and oxygen atoms in total. The van der Waals surface area contributed by atoms with Crippen LogP contribution >= 0.6 is 11.6 Å². The average Bonchev–Trinajstić information content (AvgIpc) is 3.20. The Morgan fingerprint density at radius 1 is 1.53 bits per heavy atom. The number of halogens is 1. The first-order valence-electron chi connectivity index (χ1n) is 6.24. The van der Waals surface area contributed by atoms with Gasteiger partial charge in [0, 0.05) is 24.2 Å². The Labute approximate surface area is 117 Å². The number of benzene rings is 1. The molecule has 5 heteroatoms. The molecule has 0 aliphatic heterocycles. The van der Waals surface area contributed by atoms with Crippen LogP contribution in [0.3, 0.4) is 0 Å². The third-order valence-electron chi connectivity index (χ3n) is 3.23. The largest absolute Gasteiger partial charge is 0.481 e. The third-order valence-corrected chi connectivity index (χ3v) is 3.58. The summed E-state index contributed by atoms with van der Waals surface area (Å²) >= 11 is 6.15. The van der Waals surface area contributed by atoms with E-state index in [2.05, 4.69) is 4.90 Å². The second kappa shape index (κ2) is 6.05. The molecule has 0 radical (unpaired) electrons. The van der Waals surface area contributed by atoms with Crippen molar-refractivity contribution in [1.82, 2.24) is 4.90 Å². The van der Waals surface area contributed by atoms with Gasteiger partial charge in [-0.25, -0.2) is 0 Å². The first-order chi connectivity index (χ1) is 9.10. The maximum Gasteiger partial charge on any atom is 0.304 e. The lowest BCUT2D eigenvalue weighted by atomic mass is 10.1. The fourth-order valence-electron chi connectivity index (χ4n) is 2.03. The molecule has 0 unspecified atom stereocenters. The van der Waals surface area contributed by atoms with E-state index in [-0.39, 0.29) is 6.42 Å². The predicted octanol–water partition coefficient (Wildman–Crippen LogP) is 2.65. The monoisotopic (exact) mass is 278 g/mol. The van der Waals surface area contributed by atoms with Gasteiger partial charge in [-0.2, -0.15) is 5.26 Å². The SMILES string of the molecule is N#Cc1ccc(CN(CCC(=O)O)C2CC2)c(Cl)c1. The zero-order valence-electron chi connectivity index (χ0n) is 10.5. The molecule has 2 rings (SSSR count). The molecule has 19 heavy (non-hydrogen) atoms. The van der Waals surface area contributed by atoms with E-state index in [4.69, 9.17) is 22.0 Å². The fraction of sp³-hybridized carbons (Fsp3) is 0.429. The maximum absolute atomic E-state index is 10.7. The molecular weight excluding hydrogens is 264 g/mol. The van der Waals surface area contributed by atoms with Crippen molar-refractivity contribution in [2.24, 2.45) is 0 Å². The molecule has 0 bridgehead atoms. The summed E-state index contributed by atoms with van der Waals surface area (Å²) in [5, 5.41) is 18.1. The quantitative estimate of drug-likeness (QED) is 0.869. The van der Waals surface area contributed by atoms with E-state index in [1.807, 2.05) is 12.1 Å². The number of carboxylic acid groups (broad SMARTS) is 1. The number of rotatable bonds is 6. The minimum atomic E-state index is -0.781. The molecule has 1 saturated carbocycles. The van der Waals surface area contributed by atoms with Crippen molar-refractivity contribution in [3.05, 3.63) is 34.3 Å². The zero-order chi connectivity index (χ0) is 13.8. The molecule has 0 spiro atoms. The Kier molecular flexibility index (Phi) is 4.41. The van der Waals surface area contributed by atoms with Crippen molar-refractivity contribution in [1.29, 1.82) is 5.26 Å². The van der Waals surface area contributed by atoms with Crippen LogP contribution in [0.15, 0.2) is 18.2 Å². The van der Waals surface area contributed by atoms with Gasteiger partial charge in [0.05, 0.1) is 18.1 Å². The van der Waals surface area contributed by atoms with Crippen LogP contribution in [0.25, 0.3) is 0 Å². The standard InChI is InChI=1S/C14H15ClN2O2/c15-13-7-10(8-16)1-2-11(13)9-17(12-3-4-12)6-5-14(18)19/h1-2,7,12H,3-6,9H2,(H,18,19). The minimum Gasteiger partial charge on any atom is -0.481 e. The molecule has 1 aromatic rings. The highest BCUT2D eigenvalue weighted by atomic mass is 35.5. The summed E-state index contributed by atoms with van der Waals surface area (Å²) < 4.78 is 0. The third kappa shape index (κ3) is 3.95. The van der Waals surface area contributed by atoms with E-state index in [0.29, 0.717) is 29.7 Å². The van der Waals surface area contributed by atoms with E-state index in [1.54, 1.807) is 12.1 Å². The van der Waals surface area contributed by atoms with E-state index in [0.717, 1.165) is 18.4 Å². The Morgan fingerprint density at radius 2 is 2.26 bits per heavy atom. The number of aliphatic carboxylic acids is 1. The first kappa shape index (κ1) is 13.9. The van der Waals surface area contributed by atoms with Gasteiger partial charge in [0.1, 0.15) is 0 Å². The summed E-state index contributed by atoms with van der Waals surface area (Å²) in [5.74, 6) is -0.781. The van der Waals surface area contributed by atoms with Crippen LogP contribution in [0, 0.1) is 11.3 Å². The Bertz CT molecular complexity index is 521. The van der Waals surface area contributed by atoms with Gasteiger partial charge >= 0.3 is 5.97 Å². The number of carboxylic acids is 1.